The van der Waals surface area contributed by atoms with Gasteiger partial charge in [-0.2, -0.15) is 0 Å². The minimum atomic E-state index is 0.273. The Morgan fingerprint density at radius 1 is 1.55 bits per heavy atom. The van der Waals surface area contributed by atoms with Gasteiger partial charge in [0.25, 0.3) is 0 Å². The van der Waals surface area contributed by atoms with Crippen molar-refractivity contribution < 1.29 is 5.11 Å². The van der Waals surface area contributed by atoms with Crippen LogP contribution in [0.1, 0.15) is 12.8 Å². The first-order valence-corrected chi connectivity index (χ1v) is 5.20. The van der Waals surface area contributed by atoms with E-state index in [0.717, 1.165) is 18.4 Å². The fraction of sp³-hybridized carbons (Fsp3) is 1.00. The third-order valence-corrected chi connectivity index (χ3v) is 3.52. The molecular formula is C8H16BrNO. The summed E-state index contributed by atoms with van der Waals surface area (Å²) in [5.74, 6) is 0. The number of aliphatic hydroxyl groups excluding tert-OH is 1. The molecule has 1 fully saturated rings. The fourth-order valence-corrected chi connectivity index (χ4v) is 2.07. The summed E-state index contributed by atoms with van der Waals surface area (Å²) in [6.07, 6.45) is 2.68. The fourth-order valence-electron chi connectivity index (χ4n) is 1.33. The number of rotatable bonds is 5. The van der Waals surface area contributed by atoms with Crippen molar-refractivity contribution in [1.29, 1.82) is 0 Å². The van der Waals surface area contributed by atoms with Crippen LogP contribution in [-0.2, 0) is 0 Å². The van der Waals surface area contributed by atoms with E-state index in [1.54, 1.807) is 0 Å². The highest BCUT2D eigenvalue weighted by molar-refractivity contribution is 9.09. The first-order chi connectivity index (χ1) is 5.22. The van der Waals surface area contributed by atoms with Crippen molar-refractivity contribution in [2.24, 2.45) is 5.41 Å². The molecule has 1 saturated carbocycles. The van der Waals surface area contributed by atoms with Crippen LogP contribution < -0.4 is 0 Å². The van der Waals surface area contributed by atoms with Crippen LogP contribution in [0.4, 0.5) is 0 Å². The van der Waals surface area contributed by atoms with Crippen LogP contribution in [0, 0.1) is 5.41 Å². The lowest BCUT2D eigenvalue weighted by Gasteiger charge is -2.20. The van der Waals surface area contributed by atoms with Crippen LogP contribution in [0.5, 0.6) is 0 Å². The van der Waals surface area contributed by atoms with Gasteiger partial charge in [-0.1, -0.05) is 15.9 Å². The standard InChI is InChI=1S/C8H16BrNO/c1-10(4-5-11)7-8(6-9)2-3-8/h11H,2-7H2,1H3. The maximum atomic E-state index is 8.67. The van der Waals surface area contributed by atoms with Crippen molar-refractivity contribution >= 4 is 15.9 Å². The quantitative estimate of drug-likeness (QED) is 0.704. The van der Waals surface area contributed by atoms with Crippen LogP contribution >= 0.6 is 15.9 Å². The van der Waals surface area contributed by atoms with Gasteiger partial charge in [0.15, 0.2) is 0 Å². The zero-order valence-electron chi connectivity index (χ0n) is 7.02. The second-order valence-corrected chi connectivity index (χ2v) is 4.16. The molecule has 0 unspecified atom stereocenters. The molecular weight excluding hydrogens is 206 g/mol. The first kappa shape index (κ1) is 9.49. The summed E-state index contributed by atoms with van der Waals surface area (Å²) in [5, 5.41) is 9.78. The minimum absolute atomic E-state index is 0.273. The Labute approximate surface area is 76.7 Å². The maximum Gasteiger partial charge on any atom is 0.0558 e. The van der Waals surface area contributed by atoms with E-state index in [0.29, 0.717) is 5.41 Å². The molecule has 1 aliphatic carbocycles. The monoisotopic (exact) mass is 221 g/mol. The van der Waals surface area contributed by atoms with Gasteiger partial charge >= 0.3 is 0 Å². The van der Waals surface area contributed by atoms with Crippen molar-refractivity contribution in [1.82, 2.24) is 4.90 Å². The van der Waals surface area contributed by atoms with E-state index < -0.39 is 0 Å². The number of alkyl halides is 1. The molecule has 0 radical (unpaired) electrons. The van der Waals surface area contributed by atoms with Crippen molar-refractivity contribution in [3.8, 4) is 0 Å². The van der Waals surface area contributed by atoms with E-state index in [2.05, 4.69) is 27.9 Å². The van der Waals surface area contributed by atoms with Gasteiger partial charge in [-0.3, -0.25) is 0 Å². The van der Waals surface area contributed by atoms with E-state index in [-0.39, 0.29) is 6.61 Å². The molecule has 0 bridgehead atoms. The van der Waals surface area contributed by atoms with Crippen LogP contribution in [0.3, 0.4) is 0 Å². The van der Waals surface area contributed by atoms with Gasteiger partial charge in [-0.15, -0.1) is 0 Å². The average molecular weight is 222 g/mol. The topological polar surface area (TPSA) is 23.5 Å². The van der Waals surface area contributed by atoms with Crippen LogP contribution in [0.2, 0.25) is 0 Å². The molecule has 0 atom stereocenters. The third-order valence-electron chi connectivity index (χ3n) is 2.33. The highest BCUT2D eigenvalue weighted by atomic mass is 79.9. The number of hydrogen-bond acceptors (Lipinski definition) is 2. The van der Waals surface area contributed by atoms with E-state index in [1.165, 1.54) is 12.8 Å². The first-order valence-electron chi connectivity index (χ1n) is 4.08. The molecule has 1 aliphatic rings. The average Bonchev–Trinajstić information content (AvgIpc) is 2.70. The second kappa shape index (κ2) is 3.87. The summed E-state index contributed by atoms with van der Waals surface area (Å²) in [6, 6.07) is 0. The zero-order chi connectivity index (χ0) is 8.32. The molecule has 3 heteroatoms. The third kappa shape index (κ3) is 2.73. The Morgan fingerprint density at radius 3 is 2.55 bits per heavy atom. The van der Waals surface area contributed by atoms with E-state index >= 15 is 0 Å². The van der Waals surface area contributed by atoms with Gasteiger partial charge in [0.1, 0.15) is 0 Å². The summed E-state index contributed by atoms with van der Waals surface area (Å²) < 4.78 is 0. The minimum Gasteiger partial charge on any atom is -0.395 e. The van der Waals surface area contributed by atoms with Crippen molar-refractivity contribution in [3.05, 3.63) is 0 Å². The van der Waals surface area contributed by atoms with Crippen molar-refractivity contribution in [2.45, 2.75) is 12.8 Å². The molecule has 11 heavy (non-hydrogen) atoms. The Kier molecular flexibility index (Phi) is 3.34. The van der Waals surface area contributed by atoms with Crippen LogP contribution in [-0.4, -0.2) is 42.1 Å². The molecule has 0 aromatic carbocycles. The molecule has 0 spiro atoms. The molecule has 0 aromatic heterocycles. The van der Waals surface area contributed by atoms with Gasteiger partial charge in [0.2, 0.25) is 0 Å². The summed E-state index contributed by atoms with van der Waals surface area (Å²) in [6.45, 7) is 2.20. The summed E-state index contributed by atoms with van der Waals surface area (Å²) in [7, 11) is 2.07. The predicted octanol–water partition coefficient (Wildman–Crippen LogP) is 1.09. The normalized spacial score (nSPS) is 20.7. The summed E-state index contributed by atoms with van der Waals surface area (Å²) in [5.41, 5.74) is 0.546. The van der Waals surface area contributed by atoms with Crippen molar-refractivity contribution in [3.63, 3.8) is 0 Å². The smallest absolute Gasteiger partial charge is 0.0558 e. The Morgan fingerprint density at radius 2 is 2.18 bits per heavy atom. The number of halogens is 1. The molecule has 2 nitrogen and oxygen atoms in total. The lowest BCUT2D eigenvalue weighted by Crippen LogP contribution is -2.29. The summed E-state index contributed by atoms with van der Waals surface area (Å²) >= 11 is 3.52. The zero-order valence-corrected chi connectivity index (χ0v) is 8.60. The Balaban J connectivity index is 2.18. The van der Waals surface area contributed by atoms with Gasteiger partial charge in [-0.25, -0.2) is 0 Å². The predicted molar refractivity (Wildman–Crippen MR) is 50.0 cm³/mol. The largest absolute Gasteiger partial charge is 0.395 e. The van der Waals surface area contributed by atoms with E-state index in [9.17, 15) is 0 Å². The Hall–Kier alpha value is 0.400. The molecule has 66 valence electrons. The number of nitrogens with zero attached hydrogens (tertiary/aromatic N) is 1. The number of aliphatic hydroxyl groups is 1. The highest BCUT2D eigenvalue weighted by Gasteiger charge is 2.41. The molecule has 0 amide bonds. The van der Waals surface area contributed by atoms with Gasteiger partial charge in [0, 0.05) is 18.4 Å². The van der Waals surface area contributed by atoms with Gasteiger partial charge in [0.05, 0.1) is 6.61 Å². The lowest BCUT2D eigenvalue weighted by molar-refractivity contribution is 0.202. The summed E-state index contributed by atoms with van der Waals surface area (Å²) in [4.78, 5) is 2.20. The molecule has 0 aromatic rings. The maximum absolute atomic E-state index is 8.67. The molecule has 0 aliphatic heterocycles. The molecule has 1 N–H and O–H groups in total. The highest BCUT2D eigenvalue weighted by Crippen LogP contribution is 2.47. The number of likely N-dealkylation sites (N-methyl/N-ethyl adjacent to an activating group) is 1. The van der Waals surface area contributed by atoms with Crippen molar-refractivity contribution in [2.75, 3.05) is 32.1 Å². The van der Waals surface area contributed by atoms with Gasteiger partial charge in [-0.05, 0) is 25.3 Å². The van der Waals surface area contributed by atoms with Crippen LogP contribution in [0.25, 0.3) is 0 Å². The number of hydrogen-bond donors (Lipinski definition) is 1. The SMILES string of the molecule is CN(CCO)CC1(CBr)CC1. The van der Waals surface area contributed by atoms with Crippen LogP contribution in [0.15, 0.2) is 0 Å². The molecule has 1 rings (SSSR count). The molecule has 0 saturated heterocycles. The van der Waals surface area contributed by atoms with E-state index in [1.807, 2.05) is 0 Å². The second-order valence-electron chi connectivity index (χ2n) is 3.60. The Bertz CT molecular complexity index is 125. The lowest BCUT2D eigenvalue weighted by atomic mass is 10.1. The van der Waals surface area contributed by atoms with E-state index in [4.69, 9.17) is 5.11 Å². The van der Waals surface area contributed by atoms with Gasteiger partial charge < -0.3 is 10.0 Å². The molecule has 0 heterocycles.